The van der Waals surface area contributed by atoms with Gasteiger partial charge in [0.2, 0.25) is 5.62 Å². The topological polar surface area (TPSA) is 52.2 Å². The highest BCUT2D eigenvalue weighted by atomic mass is 35.5. The van der Waals surface area contributed by atoms with Crippen molar-refractivity contribution in [2.75, 3.05) is 0 Å². The van der Waals surface area contributed by atoms with Crippen LogP contribution >= 0.6 is 23.2 Å². The van der Waals surface area contributed by atoms with Gasteiger partial charge in [0.25, 0.3) is 0 Å². The lowest BCUT2D eigenvalue weighted by atomic mass is 10.3. The molecule has 0 saturated heterocycles. The summed E-state index contributed by atoms with van der Waals surface area (Å²) in [5.74, 6) is 1.37. The third-order valence-corrected chi connectivity index (χ3v) is 5.08. The van der Waals surface area contributed by atoms with Crippen molar-refractivity contribution in [1.29, 1.82) is 5.41 Å². The standard InChI is InChI=1S/C22H19Cl2N3O2/c1-15(29-19-12-8-17(24)9-13-19)27-21-5-3-2-4-20(21)26(22(27)25)14-28-18-10-6-16(23)7-11-18/h2-13,15,25H,14H2,1H3. The van der Waals surface area contributed by atoms with E-state index in [0.717, 1.165) is 11.0 Å². The first-order valence-corrected chi connectivity index (χ1v) is 9.83. The van der Waals surface area contributed by atoms with Crippen LogP contribution in [0.4, 0.5) is 0 Å². The fraction of sp³-hybridized carbons (Fsp3) is 0.136. The number of hydrogen-bond donors (Lipinski definition) is 1. The molecule has 4 aromatic rings. The molecule has 0 aliphatic heterocycles. The lowest BCUT2D eigenvalue weighted by Gasteiger charge is -2.17. The van der Waals surface area contributed by atoms with Crippen LogP contribution in [0, 0.1) is 5.41 Å². The van der Waals surface area contributed by atoms with Gasteiger partial charge in [-0.15, -0.1) is 0 Å². The number of fused-ring (bicyclic) bond motifs is 1. The molecule has 7 heteroatoms. The van der Waals surface area contributed by atoms with E-state index >= 15 is 0 Å². The molecular formula is C22H19Cl2N3O2. The van der Waals surface area contributed by atoms with E-state index in [0.29, 0.717) is 21.5 Å². The molecule has 0 fully saturated rings. The highest BCUT2D eigenvalue weighted by molar-refractivity contribution is 6.30. The van der Waals surface area contributed by atoms with Gasteiger partial charge in [-0.1, -0.05) is 35.3 Å². The van der Waals surface area contributed by atoms with Gasteiger partial charge in [0.15, 0.2) is 13.0 Å². The summed E-state index contributed by atoms with van der Waals surface area (Å²) in [6.07, 6.45) is -0.398. The number of hydrogen-bond acceptors (Lipinski definition) is 3. The second-order valence-corrected chi connectivity index (χ2v) is 7.38. The summed E-state index contributed by atoms with van der Waals surface area (Å²) in [5, 5.41) is 10.0. The largest absolute Gasteiger partial charge is 0.473 e. The van der Waals surface area contributed by atoms with Crippen LogP contribution in [0.3, 0.4) is 0 Å². The van der Waals surface area contributed by atoms with Crippen molar-refractivity contribution < 1.29 is 9.47 Å². The van der Waals surface area contributed by atoms with Crippen molar-refractivity contribution in [3.63, 3.8) is 0 Å². The molecule has 0 aliphatic carbocycles. The highest BCUT2D eigenvalue weighted by Gasteiger charge is 2.16. The minimum Gasteiger partial charge on any atom is -0.473 e. The summed E-state index contributed by atoms with van der Waals surface area (Å²) in [4.78, 5) is 0. The maximum atomic E-state index is 8.73. The molecule has 1 heterocycles. The van der Waals surface area contributed by atoms with Crippen molar-refractivity contribution in [2.24, 2.45) is 0 Å². The van der Waals surface area contributed by atoms with E-state index in [4.69, 9.17) is 38.1 Å². The van der Waals surface area contributed by atoms with Crippen molar-refractivity contribution >= 4 is 34.2 Å². The van der Waals surface area contributed by atoms with E-state index in [1.807, 2.05) is 47.9 Å². The Balaban J connectivity index is 1.65. The maximum absolute atomic E-state index is 8.73. The molecule has 0 radical (unpaired) electrons. The van der Waals surface area contributed by atoms with Gasteiger partial charge < -0.3 is 9.47 Å². The third-order valence-electron chi connectivity index (χ3n) is 4.57. The highest BCUT2D eigenvalue weighted by Crippen LogP contribution is 2.23. The number of rotatable bonds is 6. The van der Waals surface area contributed by atoms with E-state index in [1.54, 1.807) is 41.0 Å². The molecule has 4 rings (SSSR count). The summed E-state index contributed by atoms with van der Waals surface area (Å²) >= 11 is 11.9. The molecule has 1 aromatic heterocycles. The van der Waals surface area contributed by atoms with Gasteiger partial charge >= 0.3 is 0 Å². The first-order valence-electron chi connectivity index (χ1n) is 9.08. The molecule has 1 N–H and O–H groups in total. The lowest BCUT2D eigenvalue weighted by molar-refractivity contribution is 0.147. The predicted molar refractivity (Wildman–Crippen MR) is 115 cm³/mol. The molecule has 1 unspecified atom stereocenters. The van der Waals surface area contributed by atoms with Crippen LogP contribution in [0.15, 0.2) is 72.8 Å². The Kier molecular flexibility index (Phi) is 5.51. The van der Waals surface area contributed by atoms with Gasteiger partial charge in [0.05, 0.1) is 11.0 Å². The van der Waals surface area contributed by atoms with Crippen LogP contribution in [0.5, 0.6) is 11.5 Å². The van der Waals surface area contributed by atoms with Crippen LogP contribution in [0.25, 0.3) is 11.0 Å². The Morgan fingerprint density at radius 3 is 2.00 bits per heavy atom. The Labute approximate surface area is 178 Å². The van der Waals surface area contributed by atoms with E-state index in [1.165, 1.54) is 0 Å². The van der Waals surface area contributed by atoms with E-state index < -0.39 is 6.23 Å². The van der Waals surface area contributed by atoms with Gasteiger partial charge in [0.1, 0.15) is 11.5 Å². The average molecular weight is 428 g/mol. The number of halogens is 2. The number of nitrogens with zero attached hydrogens (tertiary/aromatic N) is 2. The van der Waals surface area contributed by atoms with Crippen LogP contribution in [0.2, 0.25) is 10.0 Å². The monoisotopic (exact) mass is 427 g/mol. The Hall–Kier alpha value is -2.89. The van der Waals surface area contributed by atoms with Crippen LogP contribution < -0.4 is 15.1 Å². The number of aromatic nitrogens is 2. The number of imidazole rings is 1. The van der Waals surface area contributed by atoms with E-state index in [9.17, 15) is 0 Å². The summed E-state index contributed by atoms with van der Waals surface area (Å²) in [6.45, 7) is 2.10. The molecule has 0 aliphatic rings. The zero-order chi connectivity index (χ0) is 20.4. The number of nitrogens with one attached hydrogen (secondary N) is 1. The molecule has 148 valence electrons. The summed E-state index contributed by atoms with van der Waals surface area (Å²) in [5.41, 5.74) is 2.05. The van der Waals surface area contributed by atoms with Crippen LogP contribution in [0.1, 0.15) is 13.2 Å². The number of benzene rings is 3. The summed E-state index contributed by atoms with van der Waals surface area (Å²) < 4.78 is 15.6. The fourth-order valence-corrected chi connectivity index (χ4v) is 3.44. The van der Waals surface area contributed by atoms with Crippen molar-refractivity contribution in [2.45, 2.75) is 19.9 Å². The van der Waals surface area contributed by atoms with Crippen molar-refractivity contribution in [3.8, 4) is 11.5 Å². The average Bonchev–Trinajstić information content (AvgIpc) is 3.00. The Bertz CT molecular complexity index is 1180. The molecule has 5 nitrogen and oxygen atoms in total. The second-order valence-electron chi connectivity index (χ2n) is 6.51. The molecule has 0 spiro atoms. The summed E-state index contributed by atoms with van der Waals surface area (Å²) in [7, 11) is 0. The smallest absolute Gasteiger partial charge is 0.208 e. The molecule has 1 atom stereocenters. The van der Waals surface area contributed by atoms with Gasteiger partial charge in [-0.25, -0.2) is 0 Å². The molecule has 0 amide bonds. The zero-order valence-electron chi connectivity index (χ0n) is 15.7. The minimum absolute atomic E-state index is 0.196. The van der Waals surface area contributed by atoms with Gasteiger partial charge in [-0.2, -0.15) is 0 Å². The third kappa shape index (κ3) is 4.11. The molecular weight excluding hydrogens is 409 g/mol. The first-order chi connectivity index (χ1) is 14.0. The maximum Gasteiger partial charge on any atom is 0.208 e. The number of para-hydroxylation sites is 2. The van der Waals surface area contributed by atoms with Gasteiger partial charge in [0, 0.05) is 10.0 Å². The first kappa shape index (κ1) is 19.4. The van der Waals surface area contributed by atoms with Gasteiger partial charge in [-0.05, 0) is 67.6 Å². The Morgan fingerprint density at radius 1 is 0.828 bits per heavy atom. The van der Waals surface area contributed by atoms with E-state index in [2.05, 4.69) is 0 Å². The second kappa shape index (κ2) is 8.23. The lowest BCUT2D eigenvalue weighted by Crippen LogP contribution is -2.30. The predicted octanol–water partition coefficient (Wildman–Crippen LogP) is 5.86. The van der Waals surface area contributed by atoms with Crippen LogP contribution in [-0.2, 0) is 6.73 Å². The quantitative estimate of drug-likeness (QED) is 0.418. The van der Waals surface area contributed by atoms with E-state index in [-0.39, 0.29) is 12.3 Å². The molecule has 3 aromatic carbocycles. The number of ether oxygens (including phenoxy) is 2. The molecule has 0 saturated carbocycles. The van der Waals surface area contributed by atoms with Gasteiger partial charge in [-0.3, -0.25) is 14.5 Å². The Morgan fingerprint density at radius 2 is 1.38 bits per heavy atom. The van der Waals surface area contributed by atoms with Crippen molar-refractivity contribution in [1.82, 2.24) is 9.13 Å². The van der Waals surface area contributed by atoms with Crippen molar-refractivity contribution in [3.05, 3.63) is 88.5 Å². The zero-order valence-corrected chi connectivity index (χ0v) is 17.2. The van der Waals surface area contributed by atoms with Crippen LogP contribution in [-0.4, -0.2) is 9.13 Å². The minimum atomic E-state index is -0.398. The molecule has 29 heavy (non-hydrogen) atoms. The molecule has 0 bridgehead atoms. The summed E-state index contributed by atoms with van der Waals surface area (Å²) in [6, 6.07) is 22.1. The SMILES string of the molecule is CC(Oc1ccc(Cl)cc1)n1c(=N)n(COc2ccc(Cl)cc2)c2ccccc21. The fourth-order valence-electron chi connectivity index (χ4n) is 3.19. The normalized spacial score (nSPS) is 12.1.